The van der Waals surface area contributed by atoms with Crippen molar-refractivity contribution < 1.29 is 14.5 Å². The molecule has 0 saturated carbocycles. The summed E-state index contributed by atoms with van der Waals surface area (Å²) in [5.74, 6) is -0.403. The van der Waals surface area contributed by atoms with Gasteiger partial charge in [-0.05, 0) is 52.4 Å². The highest BCUT2D eigenvalue weighted by Crippen LogP contribution is 2.22. The van der Waals surface area contributed by atoms with Crippen molar-refractivity contribution in [3.63, 3.8) is 0 Å². The van der Waals surface area contributed by atoms with Gasteiger partial charge in [0.05, 0.1) is 4.92 Å². The Kier molecular flexibility index (Phi) is 4.20. The summed E-state index contributed by atoms with van der Waals surface area (Å²) in [5.41, 5.74) is 1.54. The Hall–Kier alpha value is -2.55. The molecule has 1 aliphatic rings. The van der Waals surface area contributed by atoms with Gasteiger partial charge in [0.25, 0.3) is 5.69 Å². The maximum absolute atomic E-state index is 11.9. The van der Waals surface area contributed by atoms with Crippen LogP contribution in [0.25, 0.3) is 6.08 Å². The number of nitro groups is 1. The normalized spacial score (nSPS) is 15.4. The number of halogens is 1. The third-order valence-electron chi connectivity index (χ3n) is 3.14. The van der Waals surface area contributed by atoms with Gasteiger partial charge in [-0.1, -0.05) is 18.2 Å². The molecule has 7 heteroatoms. The van der Waals surface area contributed by atoms with Crippen molar-refractivity contribution in [2.45, 2.75) is 0 Å². The number of hydrogen-bond donors (Lipinski definition) is 0. The highest BCUT2D eigenvalue weighted by atomic mass is 127. The van der Waals surface area contributed by atoms with Crippen molar-refractivity contribution in [3.8, 4) is 0 Å². The molecule has 0 unspecified atom stereocenters. The molecule has 23 heavy (non-hydrogen) atoms. The molecule has 0 N–H and O–H groups in total. The fourth-order valence-electron chi connectivity index (χ4n) is 2.00. The van der Waals surface area contributed by atoms with E-state index in [1.807, 2.05) is 24.3 Å². The molecule has 114 valence electrons. The van der Waals surface area contributed by atoms with Gasteiger partial charge >= 0.3 is 5.97 Å². The van der Waals surface area contributed by atoms with Gasteiger partial charge in [0.1, 0.15) is 0 Å². The predicted molar refractivity (Wildman–Crippen MR) is 92.9 cm³/mol. The van der Waals surface area contributed by atoms with E-state index in [4.69, 9.17) is 4.74 Å². The lowest BCUT2D eigenvalue weighted by Gasteiger charge is -1.98. The number of cyclic esters (lactones) is 1. The molecule has 3 rings (SSSR count). The molecule has 6 nitrogen and oxygen atoms in total. The molecular formula is C16H9IN2O4. The van der Waals surface area contributed by atoms with E-state index in [0.29, 0.717) is 5.56 Å². The van der Waals surface area contributed by atoms with Gasteiger partial charge in [-0.2, -0.15) is 0 Å². The summed E-state index contributed by atoms with van der Waals surface area (Å²) in [6, 6.07) is 13.3. The summed E-state index contributed by atoms with van der Waals surface area (Å²) in [6.07, 6.45) is 1.66. The minimum atomic E-state index is -0.544. The first-order valence-electron chi connectivity index (χ1n) is 6.56. The van der Waals surface area contributed by atoms with Gasteiger partial charge in [0, 0.05) is 21.3 Å². The van der Waals surface area contributed by atoms with Crippen molar-refractivity contribution in [1.82, 2.24) is 0 Å². The Morgan fingerprint density at radius 3 is 2.48 bits per heavy atom. The van der Waals surface area contributed by atoms with Crippen LogP contribution >= 0.6 is 22.6 Å². The molecule has 0 radical (unpaired) electrons. The van der Waals surface area contributed by atoms with Gasteiger partial charge in [-0.3, -0.25) is 10.1 Å². The van der Waals surface area contributed by atoms with Gasteiger partial charge in [-0.25, -0.2) is 9.79 Å². The molecule has 0 atom stereocenters. The van der Waals surface area contributed by atoms with Crippen molar-refractivity contribution in [3.05, 3.63) is 79.0 Å². The fraction of sp³-hybridized carbons (Fsp3) is 0. The molecule has 0 bridgehead atoms. The average molecular weight is 420 g/mol. The van der Waals surface area contributed by atoms with Crippen LogP contribution in [0.15, 0.2) is 59.2 Å². The third kappa shape index (κ3) is 3.29. The molecule has 2 aromatic carbocycles. The lowest BCUT2D eigenvalue weighted by atomic mass is 10.2. The van der Waals surface area contributed by atoms with Crippen LogP contribution in [0.1, 0.15) is 11.1 Å². The fourth-order valence-corrected chi connectivity index (χ4v) is 2.54. The summed E-state index contributed by atoms with van der Waals surface area (Å²) in [5, 5.41) is 10.7. The lowest BCUT2D eigenvalue weighted by molar-refractivity contribution is -0.384. The molecule has 0 aromatic heterocycles. The minimum Gasteiger partial charge on any atom is -0.402 e. The van der Waals surface area contributed by atoms with Crippen molar-refractivity contribution in [1.29, 1.82) is 0 Å². The standard InChI is InChI=1S/C16H9IN2O4/c17-13-4-2-1-3-11(13)9-14-16(20)23-15(18-14)10-5-7-12(8-6-10)19(21)22/h1-9H. The molecule has 0 aliphatic carbocycles. The number of nitrogens with zero attached hydrogens (tertiary/aromatic N) is 2. The van der Waals surface area contributed by atoms with Crippen LogP contribution in [-0.4, -0.2) is 16.8 Å². The maximum atomic E-state index is 11.9. The number of ether oxygens (including phenoxy) is 1. The molecule has 2 aromatic rings. The van der Waals surface area contributed by atoms with E-state index in [1.165, 1.54) is 24.3 Å². The van der Waals surface area contributed by atoms with E-state index in [2.05, 4.69) is 27.6 Å². The summed E-state index contributed by atoms with van der Waals surface area (Å²) in [6.45, 7) is 0. The predicted octanol–water partition coefficient (Wildman–Crippen LogP) is 3.54. The summed E-state index contributed by atoms with van der Waals surface area (Å²) < 4.78 is 6.13. The monoisotopic (exact) mass is 420 g/mol. The summed E-state index contributed by atoms with van der Waals surface area (Å²) >= 11 is 2.17. The Bertz CT molecular complexity index is 857. The number of non-ortho nitro benzene ring substituents is 1. The van der Waals surface area contributed by atoms with Crippen molar-refractivity contribution >= 4 is 46.2 Å². The second-order valence-electron chi connectivity index (χ2n) is 4.66. The lowest BCUT2D eigenvalue weighted by Crippen LogP contribution is -2.05. The quantitative estimate of drug-likeness (QED) is 0.250. The van der Waals surface area contributed by atoms with Gasteiger partial charge in [0.2, 0.25) is 5.90 Å². The van der Waals surface area contributed by atoms with Crippen LogP contribution in [-0.2, 0) is 9.53 Å². The minimum absolute atomic E-state index is 0.0340. The Morgan fingerprint density at radius 1 is 1.13 bits per heavy atom. The maximum Gasteiger partial charge on any atom is 0.363 e. The second-order valence-corrected chi connectivity index (χ2v) is 5.82. The number of carbonyl (C=O) groups excluding carboxylic acids is 1. The molecule has 1 heterocycles. The zero-order valence-corrected chi connectivity index (χ0v) is 13.8. The number of benzene rings is 2. The zero-order chi connectivity index (χ0) is 16.4. The van der Waals surface area contributed by atoms with E-state index in [0.717, 1.165) is 9.13 Å². The molecule has 0 spiro atoms. The average Bonchev–Trinajstić information content (AvgIpc) is 2.91. The largest absolute Gasteiger partial charge is 0.402 e. The first-order chi connectivity index (χ1) is 11.0. The molecule has 0 saturated heterocycles. The third-order valence-corrected chi connectivity index (χ3v) is 4.13. The number of carbonyl (C=O) groups is 1. The summed E-state index contributed by atoms with van der Waals surface area (Å²) in [4.78, 5) is 26.3. The van der Waals surface area contributed by atoms with Crippen molar-refractivity contribution in [2.24, 2.45) is 4.99 Å². The number of hydrogen-bond acceptors (Lipinski definition) is 5. The Balaban J connectivity index is 1.92. The van der Waals surface area contributed by atoms with Crippen LogP contribution < -0.4 is 0 Å². The molecular weight excluding hydrogens is 411 g/mol. The van der Waals surface area contributed by atoms with Gasteiger partial charge in [-0.15, -0.1) is 0 Å². The first kappa shape index (κ1) is 15.3. The number of rotatable bonds is 3. The van der Waals surface area contributed by atoms with Crippen LogP contribution in [0.3, 0.4) is 0 Å². The number of aliphatic imine (C=N–C) groups is 1. The van der Waals surface area contributed by atoms with E-state index in [9.17, 15) is 14.9 Å². The molecule has 0 fully saturated rings. The van der Waals surface area contributed by atoms with E-state index in [1.54, 1.807) is 6.08 Å². The summed E-state index contributed by atoms with van der Waals surface area (Å²) in [7, 11) is 0. The SMILES string of the molecule is O=C1OC(c2ccc([N+](=O)[O-])cc2)=NC1=Cc1ccccc1I. The molecule has 0 amide bonds. The Labute approximate surface area is 144 Å². The smallest absolute Gasteiger partial charge is 0.363 e. The van der Waals surface area contributed by atoms with E-state index in [-0.39, 0.29) is 17.3 Å². The van der Waals surface area contributed by atoms with Crippen molar-refractivity contribution in [2.75, 3.05) is 0 Å². The first-order valence-corrected chi connectivity index (χ1v) is 7.64. The van der Waals surface area contributed by atoms with Crippen LogP contribution in [0.5, 0.6) is 0 Å². The van der Waals surface area contributed by atoms with Crippen LogP contribution in [0.2, 0.25) is 0 Å². The van der Waals surface area contributed by atoms with Crippen LogP contribution in [0, 0.1) is 13.7 Å². The second kappa shape index (κ2) is 6.29. The highest BCUT2D eigenvalue weighted by Gasteiger charge is 2.24. The van der Waals surface area contributed by atoms with Gasteiger partial charge < -0.3 is 4.74 Å². The van der Waals surface area contributed by atoms with Gasteiger partial charge in [0.15, 0.2) is 5.70 Å². The highest BCUT2D eigenvalue weighted by molar-refractivity contribution is 14.1. The van der Waals surface area contributed by atoms with E-state index < -0.39 is 10.9 Å². The topological polar surface area (TPSA) is 81.8 Å². The number of nitro benzene ring substituents is 1. The Morgan fingerprint density at radius 2 is 1.83 bits per heavy atom. The van der Waals surface area contributed by atoms with Crippen LogP contribution in [0.4, 0.5) is 5.69 Å². The zero-order valence-electron chi connectivity index (χ0n) is 11.6. The molecule has 1 aliphatic heterocycles. The number of esters is 1. The van der Waals surface area contributed by atoms with E-state index >= 15 is 0 Å².